The second-order valence-electron chi connectivity index (χ2n) is 1.49. The first-order valence-electron chi connectivity index (χ1n) is 2.53. The summed E-state index contributed by atoms with van der Waals surface area (Å²) < 4.78 is -1.28. The first-order chi connectivity index (χ1) is 5.20. The summed E-state index contributed by atoms with van der Waals surface area (Å²) in [6.07, 6.45) is 1.23. The van der Waals surface area contributed by atoms with Crippen LogP contribution in [0.15, 0.2) is 24.3 Å². The van der Waals surface area contributed by atoms with Gasteiger partial charge in [-0.25, -0.2) is 0 Å². The van der Waals surface area contributed by atoms with Gasteiger partial charge in [-0.05, 0) is 6.08 Å². The molecule has 0 nitrogen and oxygen atoms in total. The van der Waals surface area contributed by atoms with Crippen molar-refractivity contribution in [2.45, 2.75) is 8.63 Å². The summed E-state index contributed by atoms with van der Waals surface area (Å²) >= 11 is 30.8. The fourth-order valence-electron chi connectivity index (χ4n) is 0. The number of hydrogen-bond donors (Lipinski definition) is 0. The Morgan fingerprint density at radius 3 is 1.42 bits per heavy atom. The molecule has 0 saturated carbocycles. The molecule has 0 fully saturated rings. The molecule has 0 unspecified atom stereocenters. The van der Waals surface area contributed by atoms with Gasteiger partial charge in [-0.2, -0.15) is 0 Å². The Bertz CT molecular complexity index is 145. The van der Waals surface area contributed by atoms with Gasteiger partial charge in [-0.1, -0.05) is 82.8 Å². The Labute approximate surface area is 102 Å². The fraction of sp³-hybridized carbons (Fsp3) is 0.333. The average molecular weight is 291 g/mol. The van der Waals surface area contributed by atoms with Crippen molar-refractivity contribution in [1.82, 2.24) is 0 Å². The third-order valence-electron chi connectivity index (χ3n) is 0.468. The molecule has 12 heavy (non-hydrogen) atoms. The van der Waals surface area contributed by atoms with Crippen molar-refractivity contribution in [2.24, 2.45) is 0 Å². The number of allylic oxidation sites excluding steroid dienone is 2. The summed E-state index contributed by atoms with van der Waals surface area (Å²) in [7, 11) is 0. The molecule has 6 heteroatoms. The average Bonchev–Trinajstić information content (AvgIpc) is 1.87. The third kappa shape index (κ3) is 17.3. The van der Waals surface area contributed by atoms with Gasteiger partial charge in [-0.3, -0.25) is 0 Å². The van der Waals surface area contributed by atoms with Gasteiger partial charge in [0.1, 0.15) is 4.84 Å². The Morgan fingerprint density at radius 2 is 1.42 bits per heavy atom. The summed E-state index contributed by atoms with van der Waals surface area (Å²) in [5.74, 6) is 0. The molecule has 0 radical (unpaired) electrons. The molecule has 0 N–H and O–H groups in total. The summed E-state index contributed by atoms with van der Waals surface area (Å²) in [6.45, 7) is 6.49. The van der Waals surface area contributed by atoms with Crippen molar-refractivity contribution in [1.29, 1.82) is 0 Å². The van der Waals surface area contributed by atoms with Crippen LogP contribution in [0.5, 0.6) is 0 Å². The third-order valence-corrected chi connectivity index (χ3v) is 1.90. The number of alkyl halides is 5. The van der Waals surface area contributed by atoms with Crippen molar-refractivity contribution in [3.05, 3.63) is 24.3 Å². The van der Waals surface area contributed by atoms with E-state index in [1.54, 1.807) is 0 Å². The molecule has 0 amide bonds. The molecular weight excluding hydrogens is 285 g/mol. The number of halogens is 6. The van der Waals surface area contributed by atoms with Crippen LogP contribution in [0.1, 0.15) is 0 Å². The lowest BCUT2D eigenvalue weighted by molar-refractivity contribution is 1.48. The van der Waals surface area contributed by atoms with Crippen LogP contribution in [0.4, 0.5) is 0 Å². The summed E-state index contributed by atoms with van der Waals surface area (Å²) in [4.78, 5) is -0.633. The van der Waals surface area contributed by atoms with E-state index in [-0.39, 0.29) is 5.03 Å². The Balaban J connectivity index is 0. The van der Waals surface area contributed by atoms with E-state index in [1.165, 1.54) is 6.08 Å². The lowest BCUT2D eigenvalue weighted by Crippen LogP contribution is -1.91. The van der Waals surface area contributed by atoms with Crippen LogP contribution in [-0.2, 0) is 0 Å². The quantitative estimate of drug-likeness (QED) is 0.466. The second kappa shape index (κ2) is 7.61. The molecule has 0 saturated heterocycles. The van der Waals surface area contributed by atoms with Gasteiger partial charge in [0, 0.05) is 5.03 Å². The van der Waals surface area contributed by atoms with Crippen molar-refractivity contribution in [3.63, 3.8) is 0 Å². The molecule has 0 bridgehead atoms. The zero-order valence-electron chi connectivity index (χ0n) is 5.84. The Hall–Kier alpha value is 1.22. The van der Waals surface area contributed by atoms with Gasteiger partial charge >= 0.3 is 0 Å². The molecule has 72 valence electrons. The SMILES string of the molecule is C=C(Cl)C(Cl)Cl.C=CC(Cl)(Cl)Cl. The summed E-state index contributed by atoms with van der Waals surface area (Å²) in [5.41, 5.74) is 0. The molecule has 0 aromatic rings. The predicted octanol–water partition coefficient (Wildman–Crippen LogP) is 5.09. The zero-order chi connectivity index (χ0) is 10.4. The van der Waals surface area contributed by atoms with E-state index in [2.05, 4.69) is 13.2 Å². The minimum Gasteiger partial charge on any atom is -0.0991 e. The van der Waals surface area contributed by atoms with Crippen LogP contribution >= 0.6 is 69.6 Å². The van der Waals surface area contributed by atoms with Crippen LogP contribution in [0.25, 0.3) is 0 Å². The predicted molar refractivity (Wildman–Crippen MR) is 61.0 cm³/mol. The van der Waals surface area contributed by atoms with Gasteiger partial charge in [0.15, 0.2) is 0 Å². The smallest absolute Gasteiger partial charge is 0.0991 e. The largest absolute Gasteiger partial charge is 0.208 e. The second-order valence-corrected chi connectivity index (χ2v) is 5.44. The van der Waals surface area contributed by atoms with Crippen molar-refractivity contribution >= 4 is 69.6 Å². The molecular formula is C6H6Cl6. The van der Waals surface area contributed by atoms with Gasteiger partial charge in [0.25, 0.3) is 0 Å². The van der Waals surface area contributed by atoms with Gasteiger partial charge in [-0.15, -0.1) is 0 Å². The molecule has 0 spiro atoms. The molecule has 0 aliphatic carbocycles. The zero-order valence-corrected chi connectivity index (χ0v) is 10.4. The van der Waals surface area contributed by atoms with E-state index in [0.29, 0.717) is 0 Å². The Kier molecular flexibility index (Phi) is 9.94. The van der Waals surface area contributed by atoms with Gasteiger partial charge in [0.2, 0.25) is 3.79 Å². The van der Waals surface area contributed by atoms with E-state index in [1.807, 2.05) is 0 Å². The van der Waals surface area contributed by atoms with Gasteiger partial charge < -0.3 is 0 Å². The molecule has 0 rings (SSSR count). The Morgan fingerprint density at radius 1 is 1.25 bits per heavy atom. The lowest BCUT2D eigenvalue weighted by atomic mass is 10.7. The van der Waals surface area contributed by atoms with E-state index < -0.39 is 8.63 Å². The minimum atomic E-state index is -1.28. The van der Waals surface area contributed by atoms with Crippen LogP contribution in [0.3, 0.4) is 0 Å². The normalized spacial score (nSPS) is 10.2. The summed E-state index contributed by atoms with van der Waals surface area (Å²) in [6, 6.07) is 0. The standard InChI is InChI=1S/2C3H3Cl3/c1-2-3(4,5)6;1-2(4)3(5)6/h2H,1H2;3H,1H2. The van der Waals surface area contributed by atoms with Crippen molar-refractivity contribution < 1.29 is 0 Å². The molecule has 0 aliphatic heterocycles. The number of hydrogen-bond acceptors (Lipinski definition) is 0. The molecule has 0 heterocycles. The lowest BCUT2D eigenvalue weighted by Gasteiger charge is -1.97. The summed E-state index contributed by atoms with van der Waals surface area (Å²) in [5, 5.41) is 0.262. The van der Waals surface area contributed by atoms with Crippen molar-refractivity contribution in [3.8, 4) is 0 Å². The van der Waals surface area contributed by atoms with Crippen LogP contribution < -0.4 is 0 Å². The van der Waals surface area contributed by atoms with E-state index >= 15 is 0 Å². The van der Waals surface area contributed by atoms with Crippen molar-refractivity contribution in [2.75, 3.05) is 0 Å². The number of rotatable bonds is 1. The van der Waals surface area contributed by atoms with E-state index in [0.717, 1.165) is 0 Å². The molecule has 0 atom stereocenters. The first-order valence-corrected chi connectivity index (χ1v) is 4.92. The maximum atomic E-state index is 5.15. The van der Waals surface area contributed by atoms with E-state index in [4.69, 9.17) is 69.6 Å². The molecule has 0 aliphatic rings. The highest BCUT2D eigenvalue weighted by Crippen LogP contribution is 2.25. The van der Waals surface area contributed by atoms with Crippen LogP contribution in [0, 0.1) is 0 Å². The fourth-order valence-corrected chi connectivity index (χ4v) is 0. The maximum Gasteiger partial charge on any atom is 0.208 e. The van der Waals surface area contributed by atoms with Gasteiger partial charge in [0.05, 0.1) is 0 Å². The minimum absolute atomic E-state index is 0.262. The van der Waals surface area contributed by atoms with Crippen LogP contribution in [0.2, 0.25) is 0 Å². The monoisotopic (exact) mass is 288 g/mol. The highest BCUT2D eigenvalue weighted by atomic mass is 35.6. The van der Waals surface area contributed by atoms with E-state index in [9.17, 15) is 0 Å². The van der Waals surface area contributed by atoms with Crippen LogP contribution in [-0.4, -0.2) is 8.63 Å². The molecule has 0 aromatic carbocycles. The highest BCUT2D eigenvalue weighted by molar-refractivity contribution is 6.68. The maximum absolute atomic E-state index is 5.15. The highest BCUT2D eigenvalue weighted by Gasteiger charge is 2.11. The molecule has 0 aromatic heterocycles. The first kappa shape index (κ1) is 15.7. The topological polar surface area (TPSA) is 0 Å².